The molecule has 3 heteroatoms. The maximum absolute atomic E-state index is 2.52. The first-order chi connectivity index (χ1) is 18.4. The van der Waals surface area contributed by atoms with Gasteiger partial charge < -0.3 is 9.80 Å². The summed E-state index contributed by atoms with van der Waals surface area (Å²) in [6, 6.07) is 36.2. The van der Waals surface area contributed by atoms with Crippen molar-refractivity contribution in [2.75, 3.05) is 9.80 Å². The molecular formula is C35H31BN2. The van der Waals surface area contributed by atoms with Crippen LogP contribution in [0.3, 0.4) is 0 Å². The van der Waals surface area contributed by atoms with Crippen molar-refractivity contribution in [1.29, 1.82) is 0 Å². The van der Waals surface area contributed by atoms with E-state index in [1.165, 1.54) is 78.3 Å². The normalized spacial score (nSPS) is 13.2. The van der Waals surface area contributed by atoms with Gasteiger partial charge in [0.25, 0.3) is 6.71 Å². The first-order valence-electron chi connectivity index (χ1n) is 13.5. The van der Waals surface area contributed by atoms with E-state index < -0.39 is 0 Å². The standard InChI is InChI=1S/C35H31BN2/c1-22-15-23(2)18-28(17-22)38-31-19-24(3)16-26(5)34(31)36-29-13-9-10-14-30(29)37(27-11-7-6-8-12-27)32-20-25(4)21-33(38)35(32)36/h6-21H,1-5H3. The molecular weight excluding hydrogens is 459 g/mol. The Morgan fingerprint density at radius 2 is 0.974 bits per heavy atom. The quantitative estimate of drug-likeness (QED) is 0.235. The minimum atomic E-state index is 0.175. The van der Waals surface area contributed by atoms with Crippen LogP contribution in [0.15, 0.2) is 97.1 Å². The number of benzene rings is 5. The highest BCUT2D eigenvalue weighted by atomic mass is 15.2. The predicted octanol–water partition coefficient (Wildman–Crippen LogP) is 7.31. The highest BCUT2D eigenvalue weighted by molar-refractivity contribution is 7.00. The molecule has 0 fully saturated rings. The number of hydrogen-bond donors (Lipinski definition) is 0. The fraction of sp³-hybridized carbons (Fsp3) is 0.143. The van der Waals surface area contributed by atoms with Gasteiger partial charge in [-0.25, -0.2) is 0 Å². The van der Waals surface area contributed by atoms with Gasteiger partial charge in [-0.3, -0.25) is 0 Å². The van der Waals surface area contributed by atoms with Crippen LogP contribution in [0.2, 0.25) is 0 Å². The molecule has 0 bridgehead atoms. The van der Waals surface area contributed by atoms with Crippen LogP contribution in [0.4, 0.5) is 34.1 Å². The lowest BCUT2D eigenvalue weighted by Gasteiger charge is -2.45. The smallest absolute Gasteiger partial charge is 0.252 e. The zero-order valence-electron chi connectivity index (χ0n) is 22.7. The maximum atomic E-state index is 2.52. The molecule has 2 nitrogen and oxygen atoms in total. The van der Waals surface area contributed by atoms with Crippen LogP contribution in [0.25, 0.3) is 0 Å². The number of aryl methyl sites for hydroxylation is 5. The van der Waals surface area contributed by atoms with E-state index in [0.29, 0.717) is 0 Å². The van der Waals surface area contributed by atoms with Crippen molar-refractivity contribution in [1.82, 2.24) is 0 Å². The number of anilines is 6. The van der Waals surface area contributed by atoms with Gasteiger partial charge in [-0.05, 0) is 122 Å². The van der Waals surface area contributed by atoms with Crippen molar-refractivity contribution in [2.24, 2.45) is 0 Å². The second kappa shape index (κ2) is 8.39. The average molecular weight is 490 g/mol. The molecule has 38 heavy (non-hydrogen) atoms. The van der Waals surface area contributed by atoms with Gasteiger partial charge >= 0.3 is 0 Å². The van der Waals surface area contributed by atoms with Crippen molar-refractivity contribution in [3.63, 3.8) is 0 Å². The second-order valence-corrected chi connectivity index (χ2v) is 11.1. The highest BCUT2D eigenvalue weighted by Crippen LogP contribution is 2.45. The molecule has 0 unspecified atom stereocenters. The summed E-state index contributed by atoms with van der Waals surface area (Å²) < 4.78 is 0. The summed E-state index contributed by atoms with van der Waals surface area (Å²) in [5.41, 5.74) is 18.2. The number of nitrogens with zero attached hydrogens (tertiary/aromatic N) is 2. The minimum Gasteiger partial charge on any atom is -0.311 e. The van der Waals surface area contributed by atoms with Crippen LogP contribution >= 0.6 is 0 Å². The molecule has 2 heterocycles. The Morgan fingerprint density at radius 1 is 0.447 bits per heavy atom. The molecule has 0 saturated carbocycles. The molecule has 0 saturated heterocycles. The van der Waals surface area contributed by atoms with Gasteiger partial charge in [0.05, 0.1) is 0 Å². The second-order valence-electron chi connectivity index (χ2n) is 11.1. The molecule has 7 rings (SSSR count). The van der Waals surface area contributed by atoms with Crippen LogP contribution in [-0.2, 0) is 0 Å². The van der Waals surface area contributed by atoms with E-state index in [0.717, 1.165) is 0 Å². The summed E-state index contributed by atoms with van der Waals surface area (Å²) >= 11 is 0. The summed E-state index contributed by atoms with van der Waals surface area (Å²) in [4.78, 5) is 4.99. The van der Waals surface area contributed by atoms with Crippen molar-refractivity contribution >= 4 is 57.2 Å². The summed E-state index contributed by atoms with van der Waals surface area (Å²) in [5.74, 6) is 0. The Labute approximate surface area is 226 Å². The molecule has 5 aromatic rings. The monoisotopic (exact) mass is 490 g/mol. The van der Waals surface area contributed by atoms with Crippen molar-refractivity contribution in [2.45, 2.75) is 34.6 Å². The molecule has 0 aliphatic carbocycles. The minimum absolute atomic E-state index is 0.175. The van der Waals surface area contributed by atoms with Gasteiger partial charge in [-0.1, -0.05) is 54.1 Å². The van der Waals surface area contributed by atoms with E-state index in [2.05, 4.69) is 141 Å². The highest BCUT2D eigenvalue weighted by Gasteiger charge is 2.44. The molecule has 0 amide bonds. The lowest BCUT2D eigenvalue weighted by molar-refractivity contribution is 1.22. The van der Waals surface area contributed by atoms with E-state index in [1.54, 1.807) is 0 Å². The summed E-state index contributed by atoms with van der Waals surface area (Å²) in [6.45, 7) is 11.3. The van der Waals surface area contributed by atoms with Crippen LogP contribution < -0.4 is 26.2 Å². The molecule has 0 atom stereocenters. The van der Waals surface area contributed by atoms with Crippen LogP contribution in [0, 0.1) is 34.6 Å². The Bertz CT molecular complexity index is 1720. The first kappa shape index (κ1) is 22.9. The Hall–Kier alpha value is -4.24. The topological polar surface area (TPSA) is 6.48 Å². The number of rotatable bonds is 2. The summed E-state index contributed by atoms with van der Waals surface area (Å²) in [5, 5.41) is 0. The number of hydrogen-bond acceptors (Lipinski definition) is 2. The van der Waals surface area contributed by atoms with Crippen LogP contribution in [-0.4, -0.2) is 6.71 Å². The Kier molecular flexibility index (Phi) is 5.06. The van der Waals surface area contributed by atoms with E-state index in [4.69, 9.17) is 0 Å². The molecule has 2 aliphatic rings. The molecule has 0 N–H and O–H groups in total. The lowest BCUT2D eigenvalue weighted by Crippen LogP contribution is -2.62. The van der Waals surface area contributed by atoms with Crippen molar-refractivity contribution in [3.8, 4) is 0 Å². The molecule has 2 aliphatic heterocycles. The molecule has 0 radical (unpaired) electrons. The third-order valence-corrected chi connectivity index (χ3v) is 8.06. The number of para-hydroxylation sites is 2. The zero-order valence-corrected chi connectivity index (χ0v) is 22.7. The molecule has 0 spiro atoms. The van der Waals surface area contributed by atoms with Gasteiger partial charge in [0.1, 0.15) is 0 Å². The van der Waals surface area contributed by atoms with Crippen molar-refractivity contribution in [3.05, 3.63) is 125 Å². The van der Waals surface area contributed by atoms with Crippen molar-refractivity contribution < 1.29 is 0 Å². The lowest BCUT2D eigenvalue weighted by atomic mass is 9.32. The van der Waals surface area contributed by atoms with Gasteiger partial charge in [0, 0.05) is 34.1 Å². The van der Waals surface area contributed by atoms with Gasteiger partial charge in [-0.2, -0.15) is 0 Å². The average Bonchev–Trinajstić information content (AvgIpc) is 2.88. The van der Waals surface area contributed by atoms with Gasteiger partial charge in [0.15, 0.2) is 0 Å². The predicted molar refractivity (Wildman–Crippen MR) is 164 cm³/mol. The molecule has 5 aromatic carbocycles. The largest absolute Gasteiger partial charge is 0.311 e. The fourth-order valence-corrected chi connectivity index (χ4v) is 6.81. The SMILES string of the molecule is Cc1cc(C)cc(N2c3cc(C)cc(C)c3B3c4ccccc4N(c4ccccc4)c4cc(C)cc2c43)c1. The first-order valence-corrected chi connectivity index (χ1v) is 13.5. The molecule has 0 aromatic heterocycles. The van der Waals surface area contributed by atoms with E-state index in [1.807, 2.05) is 0 Å². The van der Waals surface area contributed by atoms with E-state index in [-0.39, 0.29) is 6.71 Å². The maximum Gasteiger partial charge on any atom is 0.252 e. The summed E-state index contributed by atoms with van der Waals surface area (Å²) in [6.07, 6.45) is 0. The third-order valence-electron chi connectivity index (χ3n) is 8.06. The molecule has 184 valence electrons. The zero-order chi connectivity index (χ0) is 26.1. The van der Waals surface area contributed by atoms with Gasteiger partial charge in [0.2, 0.25) is 0 Å². The number of fused-ring (bicyclic) bond motifs is 4. The third kappa shape index (κ3) is 3.35. The van der Waals surface area contributed by atoms with Gasteiger partial charge in [-0.15, -0.1) is 0 Å². The summed E-state index contributed by atoms with van der Waals surface area (Å²) in [7, 11) is 0. The van der Waals surface area contributed by atoms with E-state index in [9.17, 15) is 0 Å². The van der Waals surface area contributed by atoms with Crippen LogP contribution in [0.5, 0.6) is 0 Å². The Morgan fingerprint density at radius 3 is 1.66 bits per heavy atom. The Balaban J connectivity index is 1.63. The van der Waals surface area contributed by atoms with Crippen LogP contribution in [0.1, 0.15) is 27.8 Å². The fourth-order valence-electron chi connectivity index (χ4n) is 6.81. The van der Waals surface area contributed by atoms with E-state index >= 15 is 0 Å².